The van der Waals surface area contributed by atoms with Crippen LogP contribution in [0.15, 0.2) is 78.9 Å². The number of carbonyl (C=O) groups is 2. The van der Waals surface area contributed by atoms with Gasteiger partial charge in [0.15, 0.2) is 11.5 Å². The summed E-state index contributed by atoms with van der Waals surface area (Å²) < 4.78 is 16.1. The average molecular weight is 348 g/mol. The molecule has 130 valence electrons. The molecule has 0 aromatic heterocycles. The summed E-state index contributed by atoms with van der Waals surface area (Å²) in [6.07, 6.45) is 0. The second-order valence-corrected chi connectivity index (χ2v) is 5.30. The fourth-order valence-corrected chi connectivity index (χ4v) is 2.30. The first kappa shape index (κ1) is 17.2. The molecule has 3 aromatic carbocycles. The molecule has 0 heterocycles. The lowest BCUT2D eigenvalue weighted by molar-refractivity contribution is 0.0678. The van der Waals surface area contributed by atoms with Crippen molar-refractivity contribution in [1.82, 2.24) is 0 Å². The monoisotopic (exact) mass is 348 g/mol. The Labute approximate surface area is 150 Å². The van der Waals surface area contributed by atoms with Gasteiger partial charge in [0.2, 0.25) is 5.75 Å². The van der Waals surface area contributed by atoms with Gasteiger partial charge in [-0.25, -0.2) is 9.59 Å². The summed E-state index contributed by atoms with van der Waals surface area (Å²) in [5.41, 5.74) is 0.759. The van der Waals surface area contributed by atoms with Crippen LogP contribution < -0.4 is 14.2 Å². The SMILES string of the molecule is COc1cccc(OC(=O)c2ccccc2)c1OC(=O)c1ccccc1. The van der Waals surface area contributed by atoms with E-state index in [9.17, 15) is 9.59 Å². The van der Waals surface area contributed by atoms with Crippen LogP contribution in [0.4, 0.5) is 0 Å². The average Bonchev–Trinajstić information content (AvgIpc) is 2.70. The molecule has 0 atom stereocenters. The van der Waals surface area contributed by atoms with Gasteiger partial charge < -0.3 is 14.2 Å². The predicted octanol–water partition coefficient (Wildman–Crippen LogP) is 4.13. The lowest BCUT2D eigenvalue weighted by Gasteiger charge is -2.13. The van der Waals surface area contributed by atoms with Gasteiger partial charge >= 0.3 is 11.9 Å². The standard InChI is InChI=1S/C21H16O5/c1-24-17-13-8-14-18(25-20(22)15-9-4-2-5-10-15)19(17)26-21(23)16-11-6-3-7-12-16/h2-14H,1H3. The quantitative estimate of drug-likeness (QED) is 0.512. The molecule has 0 N–H and O–H groups in total. The van der Waals surface area contributed by atoms with Crippen LogP contribution in [0.1, 0.15) is 20.7 Å². The Hall–Kier alpha value is -3.60. The molecular formula is C21H16O5. The molecule has 0 aliphatic carbocycles. The first-order chi connectivity index (χ1) is 12.7. The van der Waals surface area contributed by atoms with Crippen LogP contribution in [0, 0.1) is 0 Å². The van der Waals surface area contributed by atoms with Crippen molar-refractivity contribution in [2.24, 2.45) is 0 Å². The van der Waals surface area contributed by atoms with Gasteiger partial charge in [-0.3, -0.25) is 0 Å². The van der Waals surface area contributed by atoms with Crippen LogP contribution in [0.25, 0.3) is 0 Å². The third-order valence-electron chi connectivity index (χ3n) is 3.58. The lowest BCUT2D eigenvalue weighted by atomic mass is 10.2. The van der Waals surface area contributed by atoms with Crippen molar-refractivity contribution in [2.45, 2.75) is 0 Å². The molecule has 0 amide bonds. The Morgan fingerprint density at radius 2 is 1.12 bits per heavy atom. The van der Waals surface area contributed by atoms with E-state index < -0.39 is 11.9 Å². The highest BCUT2D eigenvalue weighted by atomic mass is 16.6. The topological polar surface area (TPSA) is 61.8 Å². The number of ether oxygens (including phenoxy) is 3. The number of para-hydroxylation sites is 1. The van der Waals surface area contributed by atoms with Crippen molar-refractivity contribution >= 4 is 11.9 Å². The number of hydrogen-bond donors (Lipinski definition) is 0. The summed E-state index contributed by atoms with van der Waals surface area (Å²) in [6, 6.07) is 21.9. The van der Waals surface area contributed by atoms with Gasteiger partial charge in [0.05, 0.1) is 18.2 Å². The zero-order chi connectivity index (χ0) is 18.4. The van der Waals surface area contributed by atoms with E-state index in [1.165, 1.54) is 13.2 Å². The number of esters is 2. The second kappa shape index (κ2) is 7.98. The van der Waals surface area contributed by atoms with Crippen LogP contribution in [-0.4, -0.2) is 19.0 Å². The highest BCUT2D eigenvalue weighted by molar-refractivity contribution is 5.93. The van der Waals surface area contributed by atoms with Crippen LogP contribution in [0.5, 0.6) is 17.2 Å². The summed E-state index contributed by atoms with van der Waals surface area (Å²) in [4.78, 5) is 24.7. The molecule has 3 rings (SSSR count). The van der Waals surface area contributed by atoms with Gasteiger partial charge in [0, 0.05) is 0 Å². The summed E-state index contributed by atoms with van der Waals surface area (Å²) in [7, 11) is 1.44. The first-order valence-electron chi connectivity index (χ1n) is 7.90. The zero-order valence-corrected chi connectivity index (χ0v) is 14.0. The van der Waals surface area contributed by atoms with Gasteiger partial charge in [-0.2, -0.15) is 0 Å². The molecule has 0 unspecified atom stereocenters. The van der Waals surface area contributed by atoms with Crippen LogP contribution in [0.2, 0.25) is 0 Å². The number of carbonyl (C=O) groups excluding carboxylic acids is 2. The molecule has 3 aromatic rings. The third-order valence-corrected chi connectivity index (χ3v) is 3.58. The van der Waals surface area contributed by atoms with Crippen molar-refractivity contribution in [1.29, 1.82) is 0 Å². The van der Waals surface area contributed by atoms with Gasteiger partial charge in [0.1, 0.15) is 0 Å². The van der Waals surface area contributed by atoms with E-state index in [0.717, 1.165) is 0 Å². The Morgan fingerprint density at radius 1 is 0.615 bits per heavy atom. The molecule has 26 heavy (non-hydrogen) atoms. The van der Waals surface area contributed by atoms with Crippen molar-refractivity contribution < 1.29 is 23.8 Å². The Balaban J connectivity index is 1.89. The third kappa shape index (κ3) is 3.89. The molecule has 5 nitrogen and oxygen atoms in total. The Kier molecular flexibility index (Phi) is 5.29. The van der Waals surface area contributed by atoms with E-state index in [1.807, 2.05) is 0 Å². The molecule has 0 saturated heterocycles. The molecule has 0 saturated carbocycles. The van der Waals surface area contributed by atoms with Crippen LogP contribution in [0.3, 0.4) is 0 Å². The van der Waals surface area contributed by atoms with Crippen LogP contribution in [-0.2, 0) is 0 Å². The maximum atomic E-state index is 12.4. The van der Waals surface area contributed by atoms with E-state index in [0.29, 0.717) is 11.1 Å². The van der Waals surface area contributed by atoms with Gasteiger partial charge in [0.25, 0.3) is 0 Å². The molecule has 0 fully saturated rings. The fraction of sp³-hybridized carbons (Fsp3) is 0.0476. The van der Waals surface area contributed by atoms with E-state index in [-0.39, 0.29) is 17.2 Å². The molecule has 0 bridgehead atoms. The first-order valence-corrected chi connectivity index (χ1v) is 7.90. The number of benzene rings is 3. The van der Waals surface area contributed by atoms with E-state index >= 15 is 0 Å². The number of hydrogen-bond acceptors (Lipinski definition) is 5. The van der Waals surface area contributed by atoms with Gasteiger partial charge in [-0.1, -0.05) is 42.5 Å². The fourth-order valence-electron chi connectivity index (χ4n) is 2.30. The smallest absolute Gasteiger partial charge is 0.343 e. The highest BCUT2D eigenvalue weighted by Crippen LogP contribution is 2.38. The molecule has 0 spiro atoms. The number of rotatable bonds is 5. The minimum absolute atomic E-state index is 0.0492. The van der Waals surface area contributed by atoms with E-state index in [4.69, 9.17) is 14.2 Å². The van der Waals surface area contributed by atoms with Crippen LogP contribution >= 0.6 is 0 Å². The normalized spacial score (nSPS) is 10.0. The largest absolute Gasteiger partial charge is 0.493 e. The summed E-state index contributed by atoms with van der Waals surface area (Å²) in [5, 5.41) is 0. The van der Waals surface area contributed by atoms with Gasteiger partial charge in [-0.05, 0) is 36.4 Å². The Bertz CT molecular complexity index is 904. The highest BCUT2D eigenvalue weighted by Gasteiger charge is 2.20. The summed E-state index contributed by atoms with van der Waals surface area (Å²) in [6.45, 7) is 0. The maximum Gasteiger partial charge on any atom is 0.343 e. The van der Waals surface area contributed by atoms with Crippen molar-refractivity contribution in [2.75, 3.05) is 7.11 Å². The van der Waals surface area contributed by atoms with E-state index in [2.05, 4.69) is 0 Å². The van der Waals surface area contributed by atoms with Crippen molar-refractivity contribution in [3.8, 4) is 17.2 Å². The minimum atomic E-state index is -0.577. The van der Waals surface area contributed by atoms with Crippen molar-refractivity contribution in [3.05, 3.63) is 90.0 Å². The minimum Gasteiger partial charge on any atom is -0.493 e. The van der Waals surface area contributed by atoms with E-state index in [1.54, 1.807) is 72.8 Å². The molecular weight excluding hydrogens is 332 g/mol. The summed E-state index contributed by atoms with van der Waals surface area (Å²) in [5.74, 6) is -0.703. The molecule has 0 aliphatic rings. The molecule has 5 heteroatoms. The lowest BCUT2D eigenvalue weighted by Crippen LogP contribution is -2.13. The molecule has 0 radical (unpaired) electrons. The molecule has 0 aliphatic heterocycles. The zero-order valence-electron chi connectivity index (χ0n) is 14.0. The maximum absolute atomic E-state index is 12.4. The predicted molar refractivity (Wildman–Crippen MR) is 95.8 cm³/mol. The van der Waals surface area contributed by atoms with Gasteiger partial charge in [-0.15, -0.1) is 0 Å². The Morgan fingerprint density at radius 3 is 1.65 bits per heavy atom. The second-order valence-electron chi connectivity index (χ2n) is 5.30. The van der Waals surface area contributed by atoms with Crippen molar-refractivity contribution in [3.63, 3.8) is 0 Å². The number of methoxy groups -OCH3 is 1. The summed E-state index contributed by atoms with van der Waals surface area (Å²) >= 11 is 0.